The van der Waals surface area contributed by atoms with Crippen molar-refractivity contribution in [3.8, 4) is 0 Å². The quantitative estimate of drug-likeness (QED) is 0.0591. The van der Waals surface area contributed by atoms with E-state index in [-0.39, 0.29) is 36.2 Å². The first kappa shape index (κ1) is 41.9. The maximum atomic E-state index is 13.1. The van der Waals surface area contributed by atoms with E-state index in [1.807, 2.05) is 52.8 Å². The van der Waals surface area contributed by atoms with E-state index in [2.05, 4.69) is 13.0 Å². The smallest absolute Gasteiger partial charge is 0.328 e. The molecule has 1 saturated heterocycles. The van der Waals surface area contributed by atoms with Gasteiger partial charge in [-0.2, -0.15) is 0 Å². The number of piperidine rings is 1. The lowest BCUT2D eigenvalue weighted by Gasteiger charge is -2.34. The van der Waals surface area contributed by atoms with Crippen molar-refractivity contribution < 1.29 is 33.8 Å². The molecule has 5 unspecified atom stereocenters. The van der Waals surface area contributed by atoms with Gasteiger partial charge in [0.05, 0.1) is 12.7 Å². The van der Waals surface area contributed by atoms with Gasteiger partial charge in [0.25, 0.3) is 5.91 Å². The fourth-order valence-electron chi connectivity index (χ4n) is 5.47. The van der Waals surface area contributed by atoms with E-state index < -0.39 is 35.7 Å². The number of likely N-dealkylation sites (tertiary alicyclic amines) is 1. The Labute approximate surface area is 283 Å². The Morgan fingerprint density at radius 3 is 2.17 bits per heavy atom. The number of aliphatic hydroxyl groups is 1. The lowest BCUT2D eigenvalue weighted by atomic mass is 9.86. The van der Waals surface area contributed by atoms with Gasteiger partial charge >= 0.3 is 5.97 Å². The van der Waals surface area contributed by atoms with E-state index in [4.69, 9.17) is 4.74 Å². The van der Waals surface area contributed by atoms with E-state index in [1.165, 1.54) is 23.0 Å². The highest BCUT2D eigenvalue weighted by atomic mass is 16.5. The van der Waals surface area contributed by atoms with Crippen LogP contribution in [-0.4, -0.2) is 64.5 Å². The second kappa shape index (κ2) is 22.4. The van der Waals surface area contributed by atoms with Crippen LogP contribution in [0.1, 0.15) is 126 Å². The molecule has 1 fully saturated rings. The average Bonchev–Trinajstić information content (AvgIpc) is 3.05. The third kappa shape index (κ3) is 16.0. The highest BCUT2D eigenvalue weighted by molar-refractivity contribution is 6.37. The average molecular weight is 656 g/mol. The maximum absolute atomic E-state index is 13.1. The van der Waals surface area contributed by atoms with Crippen LogP contribution in [-0.2, 0) is 28.7 Å². The second-order valence-electron chi connectivity index (χ2n) is 13.6. The molecule has 0 spiro atoms. The van der Waals surface area contributed by atoms with Crippen molar-refractivity contribution in [1.29, 1.82) is 0 Å². The molecular formula is C39H61NO7. The number of amides is 1. The molecule has 8 nitrogen and oxygen atoms in total. The molecule has 5 atom stereocenters. The summed E-state index contributed by atoms with van der Waals surface area (Å²) < 4.78 is 5.29. The first-order chi connectivity index (χ1) is 22.2. The number of carbonyl (C=O) groups is 5. The van der Waals surface area contributed by atoms with Gasteiger partial charge in [0, 0.05) is 31.2 Å². The fraction of sp³-hybridized carbons (Fsp3) is 0.667. The summed E-state index contributed by atoms with van der Waals surface area (Å²) in [6, 6.07) is -0.663. The second-order valence-corrected chi connectivity index (χ2v) is 13.6. The van der Waals surface area contributed by atoms with Gasteiger partial charge in [0.1, 0.15) is 17.6 Å². The molecule has 0 aromatic carbocycles. The van der Waals surface area contributed by atoms with Gasteiger partial charge in [-0.3, -0.25) is 19.2 Å². The molecule has 1 N–H and O–H groups in total. The number of esters is 1. The van der Waals surface area contributed by atoms with Gasteiger partial charge in [0.15, 0.2) is 0 Å². The predicted octanol–water partition coefficient (Wildman–Crippen LogP) is 7.44. The van der Waals surface area contributed by atoms with Gasteiger partial charge in [0.2, 0.25) is 5.78 Å². The molecule has 1 aliphatic rings. The van der Waals surface area contributed by atoms with Crippen LogP contribution in [0.25, 0.3) is 0 Å². The molecule has 0 radical (unpaired) electrons. The number of ether oxygens (including phenoxy) is 1. The number of allylic oxidation sites excluding steroid dienone is 7. The minimum absolute atomic E-state index is 0.0229. The highest BCUT2D eigenvalue weighted by Gasteiger charge is 2.38. The first-order valence-corrected chi connectivity index (χ1v) is 17.6. The number of Topliss-reactive ketones (excluding diaryl/α,β-unsaturated/α-hetero) is 3. The molecule has 8 heteroatoms. The van der Waals surface area contributed by atoms with Crippen molar-refractivity contribution in [2.24, 2.45) is 17.8 Å². The molecule has 0 saturated carbocycles. The monoisotopic (exact) mass is 655 g/mol. The van der Waals surface area contributed by atoms with Crippen molar-refractivity contribution >= 4 is 29.2 Å². The van der Waals surface area contributed by atoms with Crippen LogP contribution < -0.4 is 0 Å². The molecule has 47 heavy (non-hydrogen) atoms. The molecule has 0 aromatic rings. The van der Waals surface area contributed by atoms with Crippen molar-refractivity contribution in [1.82, 2.24) is 4.90 Å². The van der Waals surface area contributed by atoms with Crippen LogP contribution in [0.3, 0.4) is 0 Å². The van der Waals surface area contributed by atoms with E-state index in [0.717, 1.165) is 38.5 Å². The summed E-state index contributed by atoms with van der Waals surface area (Å²) in [6.45, 7) is 15.7. The number of rotatable bonds is 21. The molecule has 1 aliphatic heterocycles. The minimum atomic E-state index is -0.848. The zero-order chi connectivity index (χ0) is 35.5. The van der Waals surface area contributed by atoms with Crippen molar-refractivity contribution in [3.05, 3.63) is 47.1 Å². The lowest BCUT2D eigenvalue weighted by molar-refractivity contribution is -0.160. The van der Waals surface area contributed by atoms with Gasteiger partial charge in [-0.25, -0.2) is 4.79 Å². The van der Waals surface area contributed by atoms with Crippen molar-refractivity contribution in [2.45, 2.75) is 138 Å². The molecular weight excluding hydrogens is 594 g/mol. The van der Waals surface area contributed by atoms with Gasteiger partial charge < -0.3 is 14.7 Å². The molecule has 1 rings (SSSR count). The zero-order valence-electron chi connectivity index (χ0n) is 30.3. The van der Waals surface area contributed by atoms with E-state index in [1.54, 1.807) is 13.0 Å². The Bertz CT molecular complexity index is 1180. The summed E-state index contributed by atoms with van der Waals surface area (Å²) in [6.07, 6.45) is 16.3. The third-order valence-corrected chi connectivity index (χ3v) is 9.22. The summed E-state index contributed by atoms with van der Waals surface area (Å²) in [5.74, 6) is -1.88. The summed E-state index contributed by atoms with van der Waals surface area (Å²) in [4.78, 5) is 63.9. The van der Waals surface area contributed by atoms with Crippen molar-refractivity contribution in [3.63, 3.8) is 0 Å². The van der Waals surface area contributed by atoms with Gasteiger partial charge in [-0.1, -0.05) is 69.2 Å². The molecule has 264 valence electrons. The Hall–Kier alpha value is -3.13. The van der Waals surface area contributed by atoms with Crippen molar-refractivity contribution in [2.75, 3.05) is 13.2 Å². The number of hydrogen-bond donors (Lipinski definition) is 1. The number of hydrogen-bond acceptors (Lipinski definition) is 7. The molecule has 1 heterocycles. The molecule has 0 aliphatic carbocycles. The Kier molecular flexibility index (Phi) is 20.0. The third-order valence-electron chi connectivity index (χ3n) is 9.22. The van der Waals surface area contributed by atoms with Crippen LogP contribution in [0.5, 0.6) is 0 Å². The summed E-state index contributed by atoms with van der Waals surface area (Å²) in [5, 5.41) is 10.3. The summed E-state index contributed by atoms with van der Waals surface area (Å²) in [7, 11) is 0. The SMILES string of the molecule is CCCOC(=O)C1CCCCN1C(=O)C(=O)C(C)C(C)CCC/C(C)=C/C=C/C=C(\C)CCC(C)C(=O)CC(O)/C(C)=C/CC(C)=O. The first-order valence-electron chi connectivity index (χ1n) is 17.6. The molecule has 0 bridgehead atoms. The van der Waals surface area contributed by atoms with Gasteiger partial charge in [-0.05, 0) is 97.0 Å². The normalized spacial score (nSPS) is 18.9. The standard InChI is InChI=1S/C39H61NO7/c1-9-25-47-39(46)34-19-12-13-24-40(34)38(45)37(44)33(8)29(4)18-14-17-27(2)15-10-11-16-28(3)20-21-30(5)35(42)26-36(43)31(6)22-23-32(7)41/h10-11,15-16,22,29-30,33-34,36,43H,9,12-14,17-21,23-26H2,1-8H3/b11-10+,27-15+,28-16+,31-22+. The molecule has 0 aromatic heterocycles. The highest BCUT2D eigenvalue weighted by Crippen LogP contribution is 2.24. The topological polar surface area (TPSA) is 118 Å². The Morgan fingerprint density at radius 1 is 0.915 bits per heavy atom. The number of aliphatic hydroxyl groups excluding tert-OH is 1. The number of carbonyl (C=O) groups excluding carboxylic acids is 5. The predicted molar refractivity (Wildman–Crippen MR) is 188 cm³/mol. The van der Waals surface area contributed by atoms with Crippen LogP contribution in [0.4, 0.5) is 0 Å². The zero-order valence-corrected chi connectivity index (χ0v) is 30.3. The summed E-state index contributed by atoms with van der Waals surface area (Å²) >= 11 is 0. The van der Waals surface area contributed by atoms with Crippen LogP contribution in [0, 0.1) is 17.8 Å². The van der Waals surface area contributed by atoms with E-state index in [9.17, 15) is 29.1 Å². The lowest BCUT2D eigenvalue weighted by Crippen LogP contribution is -2.52. The largest absolute Gasteiger partial charge is 0.464 e. The van der Waals surface area contributed by atoms with Crippen LogP contribution >= 0.6 is 0 Å². The Balaban J connectivity index is 2.49. The minimum Gasteiger partial charge on any atom is -0.464 e. The van der Waals surface area contributed by atoms with Crippen LogP contribution in [0.2, 0.25) is 0 Å². The molecule has 1 amide bonds. The Morgan fingerprint density at radius 2 is 1.55 bits per heavy atom. The van der Waals surface area contributed by atoms with E-state index in [0.29, 0.717) is 38.0 Å². The number of ketones is 3. The summed E-state index contributed by atoms with van der Waals surface area (Å²) in [5.41, 5.74) is 3.05. The maximum Gasteiger partial charge on any atom is 0.328 e. The van der Waals surface area contributed by atoms with Gasteiger partial charge in [-0.15, -0.1) is 0 Å². The number of nitrogens with zero attached hydrogens (tertiary/aromatic N) is 1. The fourth-order valence-corrected chi connectivity index (χ4v) is 5.47. The van der Waals surface area contributed by atoms with Crippen LogP contribution in [0.15, 0.2) is 47.1 Å². The van der Waals surface area contributed by atoms with E-state index >= 15 is 0 Å².